The van der Waals surface area contributed by atoms with Gasteiger partial charge in [-0.3, -0.25) is 0 Å². The minimum atomic E-state index is -2.14. The van der Waals surface area contributed by atoms with Gasteiger partial charge in [0, 0.05) is 0 Å². The molecule has 0 spiro atoms. The molecule has 0 saturated heterocycles. The summed E-state index contributed by atoms with van der Waals surface area (Å²) < 4.78 is 28.9. The Bertz CT molecular complexity index is 1080. The summed E-state index contributed by atoms with van der Waals surface area (Å²) in [5.41, 5.74) is 0.207. The van der Waals surface area contributed by atoms with E-state index in [-0.39, 0.29) is 22.3 Å². The van der Waals surface area contributed by atoms with Gasteiger partial charge in [0.15, 0.2) is 0 Å². The average molecular weight is 770 g/mol. The van der Waals surface area contributed by atoms with Gasteiger partial charge in [0.05, 0.1) is 0 Å². The second kappa shape index (κ2) is 10.3. The molecule has 0 aliphatic carbocycles. The molecule has 12 nitrogen and oxygen atoms in total. The molecular formula is C18H6O12Sn3. The molecule has 0 saturated carbocycles. The summed E-state index contributed by atoms with van der Waals surface area (Å²) in [6, 6.07) is 8.69. The van der Waals surface area contributed by atoms with Crippen LogP contribution in [0.1, 0.15) is 62.1 Å². The van der Waals surface area contributed by atoms with Crippen LogP contribution >= 0.6 is 0 Å². The quantitative estimate of drug-likeness (QED) is 0.330. The molecular weight excluding hydrogens is 764 g/mol. The Morgan fingerprint density at radius 3 is 0.909 bits per heavy atom. The Morgan fingerprint density at radius 1 is 0.394 bits per heavy atom. The van der Waals surface area contributed by atoms with Gasteiger partial charge in [0.2, 0.25) is 0 Å². The molecule has 0 unspecified atom stereocenters. The van der Waals surface area contributed by atoms with E-state index in [9.17, 15) is 28.8 Å². The number of carbonyl (C=O) groups excluding carboxylic acids is 6. The first-order valence-electron chi connectivity index (χ1n) is 8.66. The van der Waals surface area contributed by atoms with Gasteiger partial charge in [0.25, 0.3) is 0 Å². The van der Waals surface area contributed by atoms with Crippen molar-refractivity contribution in [3.8, 4) is 0 Å². The summed E-state index contributed by atoms with van der Waals surface area (Å²) in [6.07, 6.45) is 0. The number of benzene rings is 2. The van der Waals surface area contributed by atoms with Crippen molar-refractivity contribution in [2.24, 2.45) is 0 Å². The van der Waals surface area contributed by atoms with E-state index in [0.29, 0.717) is 11.1 Å². The van der Waals surface area contributed by atoms with Crippen molar-refractivity contribution in [1.29, 1.82) is 0 Å². The van der Waals surface area contributed by atoms with Crippen molar-refractivity contribution in [3.05, 3.63) is 69.8 Å². The topological polar surface area (TPSA) is 158 Å². The van der Waals surface area contributed by atoms with Crippen LogP contribution in [0.5, 0.6) is 0 Å². The molecule has 3 aliphatic heterocycles. The fourth-order valence-electron chi connectivity index (χ4n) is 2.73. The van der Waals surface area contributed by atoms with Crippen LogP contribution in [0.2, 0.25) is 0 Å². The Hall–Kier alpha value is -2.34. The van der Waals surface area contributed by atoms with E-state index in [4.69, 9.17) is 18.4 Å². The van der Waals surface area contributed by atoms with E-state index < -0.39 is 102 Å². The van der Waals surface area contributed by atoms with E-state index in [1.54, 1.807) is 24.3 Å². The molecule has 0 N–H and O–H groups in total. The van der Waals surface area contributed by atoms with Gasteiger partial charge in [-0.05, 0) is 0 Å². The first kappa shape index (κ1) is 23.8. The zero-order valence-corrected chi connectivity index (χ0v) is 24.4. The number of fused-ring (bicyclic) bond motifs is 7. The van der Waals surface area contributed by atoms with Crippen molar-refractivity contribution >= 4 is 102 Å². The molecule has 6 radical (unpaired) electrons. The van der Waals surface area contributed by atoms with Gasteiger partial charge in [0.1, 0.15) is 0 Å². The fourth-order valence-corrected chi connectivity index (χ4v) is 6.27. The second-order valence-electron chi connectivity index (χ2n) is 6.08. The summed E-state index contributed by atoms with van der Waals surface area (Å²) in [7, 11) is 0. The Kier molecular flexibility index (Phi) is 7.42. The molecule has 0 atom stereocenters. The first-order valence-corrected chi connectivity index (χ1v) is 15.6. The molecule has 2 aromatic carbocycles. The minimum absolute atomic E-state index is 0.0969. The number of rotatable bonds is 0. The number of carbonyl (C=O) groups is 6. The third-order valence-electron chi connectivity index (χ3n) is 4.21. The molecule has 0 aromatic heterocycles. The summed E-state index contributed by atoms with van der Waals surface area (Å²) in [5, 5.41) is 0. The van der Waals surface area contributed by atoms with Gasteiger partial charge in [-0.15, -0.1) is 0 Å². The van der Waals surface area contributed by atoms with Crippen molar-refractivity contribution in [2.75, 3.05) is 0 Å². The predicted molar refractivity (Wildman–Crippen MR) is 103 cm³/mol. The maximum atomic E-state index is 11.8. The molecule has 162 valence electrons. The summed E-state index contributed by atoms with van der Waals surface area (Å²) in [6.45, 7) is 0. The van der Waals surface area contributed by atoms with Gasteiger partial charge >= 0.3 is 219 Å². The van der Waals surface area contributed by atoms with Crippen LogP contribution < -0.4 is 0 Å². The third-order valence-corrected chi connectivity index (χ3v) is 8.81. The van der Waals surface area contributed by atoms with E-state index >= 15 is 0 Å². The monoisotopic (exact) mass is 774 g/mol. The van der Waals surface area contributed by atoms with E-state index in [0.717, 1.165) is 12.1 Å². The maximum absolute atomic E-state index is 11.8. The van der Waals surface area contributed by atoms with Crippen LogP contribution in [0.4, 0.5) is 0 Å². The number of hydrogen-bond acceptors (Lipinski definition) is 12. The van der Waals surface area contributed by atoms with Gasteiger partial charge < -0.3 is 0 Å². The van der Waals surface area contributed by atoms with Crippen LogP contribution in [0.15, 0.2) is 36.4 Å². The summed E-state index contributed by atoms with van der Waals surface area (Å²) in [4.78, 5) is 69.7. The molecule has 33 heavy (non-hydrogen) atoms. The van der Waals surface area contributed by atoms with Crippen molar-refractivity contribution < 1.29 is 47.2 Å². The molecule has 5 rings (SSSR count). The zero-order valence-electron chi connectivity index (χ0n) is 15.9. The Labute approximate surface area is 217 Å². The van der Waals surface area contributed by atoms with E-state index in [2.05, 4.69) is 0 Å². The number of hydrogen-bond donors (Lipinski definition) is 0. The molecule has 2 aromatic rings. The van der Waals surface area contributed by atoms with Gasteiger partial charge in [-0.25, -0.2) is 0 Å². The van der Waals surface area contributed by atoms with Crippen molar-refractivity contribution in [1.82, 2.24) is 0 Å². The Morgan fingerprint density at radius 2 is 0.636 bits per heavy atom. The first-order chi connectivity index (χ1) is 15.9. The molecule has 3 aliphatic rings. The summed E-state index contributed by atoms with van der Waals surface area (Å²) >= 11 is -6.03. The molecule has 3 heterocycles. The summed E-state index contributed by atoms with van der Waals surface area (Å²) in [5.74, 6) is -3.95. The van der Waals surface area contributed by atoms with Gasteiger partial charge in [-0.2, -0.15) is 0 Å². The van der Waals surface area contributed by atoms with E-state index in [1.165, 1.54) is 0 Å². The molecule has 0 amide bonds. The van der Waals surface area contributed by atoms with Crippen LogP contribution in [0.25, 0.3) is 0 Å². The van der Waals surface area contributed by atoms with Crippen LogP contribution in [0, 0.1) is 0 Å². The second-order valence-corrected chi connectivity index (χ2v) is 11.0. The SMILES string of the molecule is O=C1[O][Sn][O]C(=O)c2cc1c1cc2C(=O)[O][Sn][O]C1=O.O=C1[O][Sn][O]C(=O)c2ccccc21. The fraction of sp³-hybridized carbons (Fsp3) is 0. The normalized spacial score (nSPS) is 16.7. The van der Waals surface area contributed by atoms with Crippen molar-refractivity contribution in [3.63, 3.8) is 0 Å². The predicted octanol–water partition coefficient (Wildman–Crippen LogP) is -0.0426. The van der Waals surface area contributed by atoms with Gasteiger partial charge in [-0.1, -0.05) is 0 Å². The van der Waals surface area contributed by atoms with Crippen LogP contribution in [-0.2, 0) is 18.4 Å². The van der Waals surface area contributed by atoms with Crippen LogP contribution in [0.3, 0.4) is 0 Å². The van der Waals surface area contributed by atoms with E-state index in [1.807, 2.05) is 0 Å². The third kappa shape index (κ3) is 5.11. The molecule has 15 heteroatoms. The van der Waals surface area contributed by atoms with Crippen LogP contribution in [-0.4, -0.2) is 102 Å². The molecule has 0 fully saturated rings. The standard InChI is InChI=1S/C10H6O8.C8H6O4.3Sn/c11-7(12)3-1-4(8(13)14)6(10(17)18)2-5(3)9(15)16;9-7(10)5-3-1-2-4-6(5)8(11)12;;;/h1-2H,(H,11,12)(H,13,14)(H,15,16)(H,17,18);1-4H,(H,9,10)(H,11,12);;;/q;;3*+2/p-6. The average Bonchev–Trinajstić information content (AvgIpc) is 2.95. The molecule has 4 bridgehead atoms. The van der Waals surface area contributed by atoms with Crippen molar-refractivity contribution in [2.45, 2.75) is 0 Å². The Balaban J connectivity index is 0.000000172. The zero-order chi connectivity index (χ0) is 23.5.